The zero-order valence-electron chi connectivity index (χ0n) is 16.6. The summed E-state index contributed by atoms with van der Waals surface area (Å²) in [6.45, 7) is 10.4. The molecule has 1 amide bonds. The Labute approximate surface area is 157 Å². The van der Waals surface area contributed by atoms with Crippen LogP contribution in [0.15, 0.2) is 42.5 Å². The Hall–Kier alpha value is -2.07. The third-order valence-electron chi connectivity index (χ3n) is 4.45. The van der Waals surface area contributed by atoms with Crippen LogP contribution >= 0.6 is 0 Å². The minimum Gasteiger partial charge on any atom is -0.492 e. The van der Waals surface area contributed by atoms with E-state index in [2.05, 4.69) is 37.4 Å². The summed E-state index contributed by atoms with van der Waals surface area (Å²) in [5.74, 6) is 1.35. The molecule has 26 heavy (non-hydrogen) atoms. The van der Waals surface area contributed by atoms with Gasteiger partial charge in [-0.05, 0) is 55.9 Å². The molecule has 0 radical (unpaired) electrons. The third-order valence-corrected chi connectivity index (χ3v) is 4.45. The van der Waals surface area contributed by atoms with Crippen molar-refractivity contribution < 1.29 is 9.53 Å². The molecule has 0 fully saturated rings. The summed E-state index contributed by atoms with van der Waals surface area (Å²) in [4.78, 5) is 11.4. The topological polar surface area (TPSA) is 64.3 Å². The number of benzene rings is 1. The summed E-state index contributed by atoms with van der Waals surface area (Å²) in [6.07, 6.45) is 7.82. The fourth-order valence-corrected chi connectivity index (χ4v) is 3.58. The molecular weight excluding hydrogens is 324 g/mol. The first-order valence-corrected chi connectivity index (χ1v) is 9.28. The molecule has 142 valence electrons. The molecule has 4 nitrogen and oxygen atoms in total. The third kappa shape index (κ3) is 6.03. The summed E-state index contributed by atoms with van der Waals surface area (Å²) in [5.41, 5.74) is 7.96. The smallest absolute Gasteiger partial charge is 0.217 e. The summed E-state index contributed by atoms with van der Waals surface area (Å²) in [7, 11) is 0. The van der Waals surface area contributed by atoms with Crippen LogP contribution in [0.25, 0.3) is 5.57 Å². The molecule has 0 bridgehead atoms. The van der Waals surface area contributed by atoms with Gasteiger partial charge in [-0.2, -0.15) is 0 Å². The van der Waals surface area contributed by atoms with Gasteiger partial charge in [0, 0.05) is 12.5 Å². The van der Waals surface area contributed by atoms with Gasteiger partial charge < -0.3 is 15.8 Å². The fourth-order valence-electron chi connectivity index (χ4n) is 3.58. The van der Waals surface area contributed by atoms with Crippen molar-refractivity contribution in [2.45, 2.75) is 58.5 Å². The monoisotopic (exact) mass is 356 g/mol. The van der Waals surface area contributed by atoms with Crippen molar-refractivity contribution >= 4 is 11.5 Å². The van der Waals surface area contributed by atoms with E-state index in [9.17, 15) is 4.79 Å². The van der Waals surface area contributed by atoms with Gasteiger partial charge in [0.2, 0.25) is 5.91 Å². The number of ether oxygens (including phenoxy) is 1. The van der Waals surface area contributed by atoms with E-state index in [-0.39, 0.29) is 17.0 Å². The zero-order chi connectivity index (χ0) is 19.4. The molecule has 3 N–H and O–H groups in total. The van der Waals surface area contributed by atoms with E-state index in [1.54, 1.807) is 6.92 Å². The number of carbonyl (C=O) groups is 1. The van der Waals surface area contributed by atoms with Crippen molar-refractivity contribution in [2.75, 3.05) is 6.61 Å². The van der Waals surface area contributed by atoms with Gasteiger partial charge in [0.05, 0.1) is 5.54 Å². The van der Waals surface area contributed by atoms with Crippen molar-refractivity contribution in [3.63, 3.8) is 0 Å². The number of rotatable bonds is 7. The van der Waals surface area contributed by atoms with E-state index in [1.165, 1.54) is 5.57 Å². The van der Waals surface area contributed by atoms with Crippen LogP contribution in [0, 0.1) is 5.92 Å². The lowest BCUT2D eigenvalue weighted by Crippen LogP contribution is -2.44. The first-order valence-electron chi connectivity index (χ1n) is 9.28. The molecule has 1 aliphatic carbocycles. The number of nitrogens with one attached hydrogen (secondary N) is 1. The fraction of sp³-hybridized carbons (Fsp3) is 0.500. The molecule has 0 aromatic heterocycles. The molecule has 0 saturated carbocycles. The Morgan fingerprint density at radius 3 is 2.58 bits per heavy atom. The maximum absolute atomic E-state index is 11.4. The van der Waals surface area contributed by atoms with Crippen LogP contribution < -0.4 is 15.8 Å². The minimum absolute atomic E-state index is 0.0200. The maximum atomic E-state index is 11.4. The molecule has 2 atom stereocenters. The molecule has 0 aliphatic heterocycles. The lowest BCUT2D eigenvalue weighted by molar-refractivity contribution is -0.120. The Bertz CT molecular complexity index is 687. The molecule has 1 aromatic rings. The number of amides is 1. The van der Waals surface area contributed by atoms with E-state index in [4.69, 9.17) is 10.5 Å². The maximum Gasteiger partial charge on any atom is 0.217 e. The molecule has 1 aliphatic rings. The average Bonchev–Trinajstić information content (AvgIpc) is 2.51. The molecule has 2 unspecified atom stereocenters. The van der Waals surface area contributed by atoms with Crippen molar-refractivity contribution in [3.05, 3.63) is 48.1 Å². The zero-order valence-corrected chi connectivity index (χ0v) is 16.6. The van der Waals surface area contributed by atoms with Gasteiger partial charge in [-0.1, -0.05) is 44.2 Å². The summed E-state index contributed by atoms with van der Waals surface area (Å²) in [5, 5.41) is 3.02. The highest BCUT2D eigenvalue weighted by atomic mass is 16.5. The van der Waals surface area contributed by atoms with Crippen LogP contribution in [0.2, 0.25) is 0 Å². The highest BCUT2D eigenvalue weighted by Gasteiger charge is 2.26. The molecule has 0 spiro atoms. The Balaban J connectivity index is 2.00. The predicted octanol–water partition coefficient (Wildman–Crippen LogP) is 4.07. The van der Waals surface area contributed by atoms with Crippen LogP contribution in [0.3, 0.4) is 0 Å². The number of carbonyl (C=O) groups excluding carboxylic acids is 1. The lowest BCUT2D eigenvalue weighted by atomic mass is 9.85. The van der Waals surface area contributed by atoms with Gasteiger partial charge in [-0.15, -0.1) is 0 Å². The van der Waals surface area contributed by atoms with Crippen LogP contribution in [-0.4, -0.2) is 23.6 Å². The second-order valence-corrected chi connectivity index (χ2v) is 8.39. The number of hydrogen-bond donors (Lipinski definition) is 2. The van der Waals surface area contributed by atoms with E-state index < -0.39 is 0 Å². The van der Waals surface area contributed by atoms with Gasteiger partial charge in [-0.3, -0.25) is 4.79 Å². The largest absolute Gasteiger partial charge is 0.492 e. The molecule has 2 rings (SSSR count). The molecule has 0 saturated heterocycles. The van der Waals surface area contributed by atoms with E-state index in [1.807, 2.05) is 38.1 Å². The van der Waals surface area contributed by atoms with Crippen molar-refractivity contribution in [3.8, 4) is 5.75 Å². The van der Waals surface area contributed by atoms with Crippen LogP contribution in [0.4, 0.5) is 0 Å². The van der Waals surface area contributed by atoms with Crippen molar-refractivity contribution in [1.29, 1.82) is 0 Å². The van der Waals surface area contributed by atoms with Crippen molar-refractivity contribution in [1.82, 2.24) is 5.32 Å². The summed E-state index contributed by atoms with van der Waals surface area (Å²) in [6, 6.07) is 8.08. The first-order chi connectivity index (χ1) is 12.1. The highest BCUT2D eigenvalue weighted by Crippen LogP contribution is 2.31. The van der Waals surface area contributed by atoms with Gasteiger partial charge in [0.25, 0.3) is 0 Å². The molecule has 1 aromatic carbocycles. The van der Waals surface area contributed by atoms with E-state index in [0.717, 1.165) is 24.2 Å². The number of hydrogen-bond acceptors (Lipinski definition) is 3. The Morgan fingerprint density at radius 1 is 1.35 bits per heavy atom. The SMILES string of the molecule is CC(=O)NC1(C)C=CC=C(c2ccc(OCC(C)(N)CC(C)C)cc2)C1. The van der Waals surface area contributed by atoms with E-state index in [0.29, 0.717) is 12.5 Å². The normalized spacial score (nSPS) is 21.9. The Morgan fingerprint density at radius 2 is 2.00 bits per heavy atom. The molecule has 4 heteroatoms. The van der Waals surface area contributed by atoms with Gasteiger partial charge in [0.1, 0.15) is 12.4 Å². The highest BCUT2D eigenvalue weighted by molar-refractivity contribution is 5.76. The van der Waals surface area contributed by atoms with Crippen LogP contribution in [0.1, 0.15) is 53.0 Å². The lowest BCUT2D eigenvalue weighted by Gasteiger charge is -2.30. The standard InChI is InChI=1S/C22H32N2O2/c1-16(2)13-21(4,23)15-26-20-10-8-18(9-11-20)19-7-6-12-22(5,14-19)24-17(3)25/h6-12,16H,13-15,23H2,1-5H3,(H,24,25). The molecule has 0 heterocycles. The van der Waals surface area contributed by atoms with Gasteiger partial charge in [0.15, 0.2) is 0 Å². The van der Waals surface area contributed by atoms with Crippen molar-refractivity contribution in [2.24, 2.45) is 11.7 Å². The first kappa shape index (κ1) is 20.2. The second kappa shape index (κ2) is 8.09. The second-order valence-electron chi connectivity index (χ2n) is 8.39. The summed E-state index contributed by atoms with van der Waals surface area (Å²) >= 11 is 0. The quantitative estimate of drug-likeness (QED) is 0.774. The minimum atomic E-state index is -0.344. The van der Waals surface area contributed by atoms with Crippen LogP contribution in [-0.2, 0) is 4.79 Å². The van der Waals surface area contributed by atoms with Gasteiger partial charge in [-0.25, -0.2) is 0 Å². The Kier molecular flexibility index (Phi) is 6.30. The number of allylic oxidation sites excluding steroid dienone is 2. The summed E-state index contributed by atoms with van der Waals surface area (Å²) < 4.78 is 5.89. The predicted molar refractivity (Wildman–Crippen MR) is 108 cm³/mol. The van der Waals surface area contributed by atoms with E-state index >= 15 is 0 Å². The van der Waals surface area contributed by atoms with Crippen LogP contribution in [0.5, 0.6) is 5.75 Å². The average molecular weight is 357 g/mol. The number of nitrogens with two attached hydrogens (primary N) is 1. The molecular formula is C22H32N2O2. The van der Waals surface area contributed by atoms with Gasteiger partial charge >= 0.3 is 0 Å².